The molecule has 9 nitrogen and oxygen atoms in total. The molecule has 1 heterocycles. The second-order valence-corrected chi connectivity index (χ2v) is 9.98. The van der Waals surface area contributed by atoms with Crippen molar-refractivity contribution in [3.8, 4) is 11.5 Å². The Morgan fingerprint density at radius 2 is 1.86 bits per heavy atom. The Balaban J connectivity index is 1.65. The molecule has 1 aliphatic rings. The average molecular weight is 536 g/mol. The molecule has 0 aliphatic carbocycles. The molecule has 1 aliphatic heterocycles. The maximum Gasteiger partial charge on any atom is 0.411 e. The van der Waals surface area contributed by atoms with Gasteiger partial charge in [-0.05, 0) is 57.9 Å². The van der Waals surface area contributed by atoms with Gasteiger partial charge in [0.25, 0.3) is 5.91 Å². The van der Waals surface area contributed by atoms with Gasteiger partial charge in [-0.2, -0.15) is 0 Å². The highest BCUT2D eigenvalue weighted by atomic mass is 35.5. The summed E-state index contributed by atoms with van der Waals surface area (Å²) in [7, 11) is 1.53. The Labute approximate surface area is 220 Å². The number of nitrogens with zero attached hydrogens (tertiary/aromatic N) is 1. The second kappa shape index (κ2) is 12.1. The molecule has 0 aromatic heterocycles. The van der Waals surface area contributed by atoms with E-state index in [1.807, 2.05) is 0 Å². The minimum absolute atomic E-state index is 0.0498. The number of likely N-dealkylation sites (tertiary alicyclic amines) is 1. The van der Waals surface area contributed by atoms with Crippen molar-refractivity contribution in [1.29, 1.82) is 0 Å². The number of halogens is 2. The number of ether oxygens (including phenoxy) is 3. The molecule has 1 saturated heterocycles. The largest absolute Gasteiger partial charge is 0.497 e. The van der Waals surface area contributed by atoms with Gasteiger partial charge in [0.1, 0.15) is 29.0 Å². The topological polar surface area (TPSA) is 106 Å². The summed E-state index contributed by atoms with van der Waals surface area (Å²) in [5.41, 5.74) is -0.248. The lowest BCUT2D eigenvalue weighted by Crippen LogP contribution is -2.58. The minimum atomic E-state index is -0.803. The number of hydrogen-bond acceptors (Lipinski definition) is 6. The first-order valence-corrected chi connectivity index (χ1v) is 12.1. The van der Waals surface area contributed by atoms with Gasteiger partial charge < -0.3 is 24.8 Å². The zero-order valence-corrected chi connectivity index (χ0v) is 21.9. The maximum atomic E-state index is 13.6. The Morgan fingerprint density at radius 1 is 1.11 bits per heavy atom. The molecule has 3 amide bonds. The van der Waals surface area contributed by atoms with Crippen LogP contribution in [0, 0.1) is 5.82 Å². The fraction of sp³-hybridized carbons (Fsp3) is 0.423. The molecule has 2 aromatic carbocycles. The zero-order valence-electron chi connectivity index (χ0n) is 21.2. The summed E-state index contributed by atoms with van der Waals surface area (Å²) >= 11 is 5.66. The van der Waals surface area contributed by atoms with Gasteiger partial charge in [0.2, 0.25) is 5.91 Å². The van der Waals surface area contributed by atoms with Crippen LogP contribution >= 0.6 is 11.6 Å². The maximum absolute atomic E-state index is 13.6. The monoisotopic (exact) mass is 535 g/mol. The molecule has 3 rings (SSSR count). The van der Waals surface area contributed by atoms with Crippen LogP contribution in [0.15, 0.2) is 42.5 Å². The number of carbonyl (C=O) groups is 3. The summed E-state index contributed by atoms with van der Waals surface area (Å²) in [4.78, 5) is 39.9. The van der Waals surface area contributed by atoms with Crippen molar-refractivity contribution in [2.75, 3.05) is 25.6 Å². The first-order chi connectivity index (χ1) is 17.4. The summed E-state index contributed by atoms with van der Waals surface area (Å²) in [6.45, 7) is 4.90. The molecule has 0 bridgehead atoms. The molecule has 0 saturated carbocycles. The van der Waals surface area contributed by atoms with Gasteiger partial charge >= 0.3 is 6.09 Å². The van der Waals surface area contributed by atoms with Crippen molar-refractivity contribution >= 4 is 35.2 Å². The highest BCUT2D eigenvalue weighted by Crippen LogP contribution is 2.24. The molecule has 1 unspecified atom stereocenters. The van der Waals surface area contributed by atoms with Crippen molar-refractivity contribution in [1.82, 2.24) is 10.2 Å². The second-order valence-electron chi connectivity index (χ2n) is 9.58. The van der Waals surface area contributed by atoms with Gasteiger partial charge in [0, 0.05) is 30.4 Å². The number of benzene rings is 2. The summed E-state index contributed by atoms with van der Waals surface area (Å²) in [5.74, 6) is -0.749. The van der Waals surface area contributed by atoms with Gasteiger partial charge in [-0.25, -0.2) is 9.18 Å². The van der Waals surface area contributed by atoms with E-state index in [0.29, 0.717) is 24.3 Å². The average Bonchev–Trinajstić information content (AvgIpc) is 2.83. The number of nitrogens with one attached hydrogen (secondary N) is 2. The Hall–Kier alpha value is -3.53. The van der Waals surface area contributed by atoms with Gasteiger partial charge in [-0.1, -0.05) is 17.7 Å². The van der Waals surface area contributed by atoms with E-state index in [9.17, 15) is 18.8 Å². The third-order valence-electron chi connectivity index (χ3n) is 5.48. The van der Waals surface area contributed by atoms with Gasteiger partial charge in [0.15, 0.2) is 6.61 Å². The van der Waals surface area contributed by atoms with Crippen LogP contribution in [-0.4, -0.2) is 60.8 Å². The lowest BCUT2D eigenvalue weighted by Gasteiger charge is -2.39. The molecular weight excluding hydrogens is 505 g/mol. The zero-order chi connectivity index (χ0) is 27.2. The van der Waals surface area contributed by atoms with Crippen molar-refractivity contribution in [3.05, 3.63) is 53.3 Å². The van der Waals surface area contributed by atoms with Crippen LogP contribution in [-0.2, 0) is 14.3 Å². The van der Waals surface area contributed by atoms with Crippen LogP contribution in [0.5, 0.6) is 11.5 Å². The smallest absolute Gasteiger partial charge is 0.411 e. The molecule has 37 heavy (non-hydrogen) atoms. The minimum Gasteiger partial charge on any atom is -0.497 e. The van der Waals surface area contributed by atoms with E-state index in [1.165, 1.54) is 24.1 Å². The molecule has 200 valence electrons. The number of anilines is 1. The van der Waals surface area contributed by atoms with Crippen LogP contribution in [0.25, 0.3) is 0 Å². The number of hydrogen-bond donors (Lipinski definition) is 2. The van der Waals surface area contributed by atoms with Crippen molar-refractivity contribution in [2.24, 2.45) is 0 Å². The summed E-state index contributed by atoms with van der Waals surface area (Å²) in [6.07, 6.45) is 0.0742. The van der Waals surface area contributed by atoms with Crippen LogP contribution < -0.4 is 20.1 Å². The number of rotatable bonds is 7. The number of carbonyl (C=O) groups excluding carboxylic acids is 3. The van der Waals surface area contributed by atoms with E-state index >= 15 is 0 Å². The molecule has 0 spiro atoms. The highest BCUT2D eigenvalue weighted by Gasteiger charge is 2.38. The van der Waals surface area contributed by atoms with Crippen molar-refractivity contribution in [2.45, 2.75) is 51.3 Å². The first kappa shape index (κ1) is 28.0. The standard InChI is InChI=1S/C26H31ClFN3O6/c1-26(2,3)37-25(34)31-14-17(29-23(32)15-36-19-9-10-20(27)21(28)13-19)8-11-22(31)24(33)30-16-6-5-7-18(12-16)35-4/h5-7,9-10,12-13,17,22H,8,11,14-15H2,1-4H3,(H,29,32)(H,30,33)/t17?,22-/m0/s1. The number of piperidine rings is 1. The van der Waals surface area contributed by atoms with E-state index < -0.39 is 35.5 Å². The van der Waals surface area contributed by atoms with E-state index in [1.54, 1.807) is 45.0 Å². The Bertz CT molecular complexity index is 1140. The van der Waals surface area contributed by atoms with Gasteiger partial charge in [-0.15, -0.1) is 0 Å². The van der Waals surface area contributed by atoms with E-state index in [0.717, 1.165) is 6.07 Å². The molecular formula is C26H31ClFN3O6. The van der Waals surface area contributed by atoms with Crippen LogP contribution in [0.2, 0.25) is 5.02 Å². The van der Waals surface area contributed by atoms with Crippen LogP contribution in [0.4, 0.5) is 14.9 Å². The SMILES string of the molecule is COc1cccc(NC(=O)[C@@H]2CCC(NC(=O)COc3ccc(Cl)c(F)c3)CN2C(=O)OC(C)(C)C)c1. The molecule has 2 N–H and O–H groups in total. The predicted octanol–water partition coefficient (Wildman–Crippen LogP) is 4.39. The van der Waals surface area contributed by atoms with E-state index in [4.69, 9.17) is 25.8 Å². The van der Waals surface area contributed by atoms with E-state index in [2.05, 4.69) is 10.6 Å². The summed E-state index contributed by atoms with van der Waals surface area (Å²) < 4.78 is 29.7. The Kier molecular flexibility index (Phi) is 9.20. The lowest BCUT2D eigenvalue weighted by molar-refractivity contribution is -0.125. The number of amides is 3. The van der Waals surface area contributed by atoms with Crippen LogP contribution in [0.3, 0.4) is 0 Å². The fourth-order valence-electron chi connectivity index (χ4n) is 3.79. The molecule has 1 fully saturated rings. The van der Waals surface area contributed by atoms with Gasteiger partial charge in [-0.3, -0.25) is 14.5 Å². The fourth-order valence-corrected chi connectivity index (χ4v) is 3.91. The molecule has 11 heteroatoms. The van der Waals surface area contributed by atoms with Crippen molar-refractivity contribution in [3.63, 3.8) is 0 Å². The summed E-state index contributed by atoms with van der Waals surface area (Å²) in [6, 6.07) is 9.53. The predicted molar refractivity (Wildman–Crippen MR) is 136 cm³/mol. The molecule has 0 radical (unpaired) electrons. The quantitative estimate of drug-likeness (QED) is 0.544. The van der Waals surface area contributed by atoms with Crippen LogP contribution in [0.1, 0.15) is 33.6 Å². The van der Waals surface area contributed by atoms with Gasteiger partial charge in [0.05, 0.1) is 12.1 Å². The molecule has 2 aromatic rings. The van der Waals surface area contributed by atoms with E-state index in [-0.39, 0.29) is 29.8 Å². The third kappa shape index (κ3) is 8.24. The lowest BCUT2D eigenvalue weighted by atomic mass is 9.97. The normalized spacial score (nSPS) is 17.5. The molecule has 2 atom stereocenters. The first-order valence-electron chi connectivity index (χ1n) is 11.8. The summed E-state index contributed by atoms with van der Waals surface area (Å²) in [5, 5.41) is 5.58. The number of methoxy groups -OCH3 is 1. The Morgan fingerprint density at radius 3 is 2.54 bits per heavy atom. The van der Waals surface area contributed by atoms with Crippen molar-refractivity contribution < 1.29 is 33.0 Å². The highest BCUT2D eigenvalue weighted by molar-refractivity contribution is 6.30. The third-order valence-corrected chi connectivity index (χ3v) is 5.78.